The molecule has 0 aromatic heterocycles. The van der Waals surface area contributed by atoms with E-state index >= 15 is 0 Å². The first-order chi connectivity index (χ1) is 10.6. The van der Waals surface area contributed by atoms with Gasteiger partial charge in [0, 0.05) is 6.61 Å². The minimum absolute atomic E-state index is 0.0127. The van der Waals surface area contributed by atoms with Gasteiger partial charge in [-0.1, -0.05) is 23.3 Å². The van der Waals surface area contributed by atoms with Crippen molar-refractivity contribution in [2.75, 3.05) is 20.3 Å². The van der Waals surface area contributed by atoms with E-state index in [2.05, 4.69) is 24.7 Å². The van der Waals surface area contributed by atoms with Crippen LogP contribution in [0.4, 0.5) is 0 Å². The third-order valence-electron chi connectivity index (χ3n) is 3.84. The van der Waals surface area contributed by atoms with E-state index in [9.17, 15) is 4.79 Å². The summed E-state index contributed by atoms with van der Waals surface area (Å²) in [5.74, 6) is -0.183. The zero-order valence-corrected chi connectivity index (χ0v) is 14.2. The Bertz CT molecular complexity index is 379. The highest BCUT2D eigenvalue weighted by Gasteiger charge is 2.12. The Hall–Kier alpha value is -1.13. The van der Waals surface area contributed by atoms with Crippen LogP contribution in [0, 0.1) is 0 Å². The van der Waals surface area contributed by atoms with Gasteiger partial charge >= 0.3 is 5.97 Å². The maximum atomic E-state index is 11.0. The average Bonchev–Trinajstić information content (AvgIpc) is 2.53. The Labute approximate surface area is 134 Å². The quantitative estimate of drug-likeness (QED) is 0.474. The fourth-order valence-corrected chi connectivity index (χ4v) is 2.33. The van der Waals surface area contributed by atoms with Gasteiger partial charge in [0.05, 0.1) is 20.1 Å². The Morgan fingerprint density at radius 3 is 2.55 bits per heavy atom. The van der Waals surface area contributed by atoms with E-state index in [1.807, 2.05) is 6.08 Å². The molecule has 4 nitrogen and oxygen atoms in total. The summed E-state index contributed by atoms with van der Waals surface area (Å²) in [6.07, 6.45) is 11.0. The van der Waals surface area contributed by atoms with Crippen molar-refractivity contribution >= 4 is 5.97 Å². The van der Waals surface area contributed by atoms with E-state index < -0.39 is 0 Å². The lowest BCUT2D eigenvalue weighted by Crippen LogP contribution is -2.22. The highest BCUT2D eigenvalue weighted by Crippen LogP contribution is 2.15. The van der Waals surface area contributed by atoms with Gasteiger partial charge in [-0.05, 0) is 52.4 Å². The summed E-state index contributed by atoms with van der Waals surface area (Å²) in [4.78, 5) is 11.0. The van der Waals surface area contributed by atoms with Crippen molar-refractivity contribution in [3.05, 3.63) is 23.3 Å². The molecule has 0 amide bonds. The fraction of sp³-hybridized carbons (Fsp3) is 0.722. The molecule has 1 atom stereocenters. The predicted octanol–water partition coefficient (Wildman–Crippen LogP) is 4.16. The first kappa shape index (κ1) is 18.9. The molecular weight excluding hydrogens is 280 g/mol. The van der Waals surface area contributed by atoms with Gasteiger partial charge in [0.25, 0.3) is 0 Å². The second-order valence-corrected chi connectivity index (χ2v) is 5.86. The molecule has 1 saturated heterocycles. The molecule has 22 heavy (non-hydrogen) atoms. The second kappa shape index (κ2) is 11.4. The van der Waals surface area contributed by atoms with E-state index in [1.165, 1.54) is 24.7 Å². The van der Waals surface area contributed by atoms with Gasteiger partial charge in [0.2, 0.25) is 0 Å². The molecule has 1 aliphatic heterocycles. The average molecular weight is 310 g/mol. The number of allylic oxidation sites excluding steroid dienone is 2. The van der Waals surface area contributed by atoms with Gasteiger partial charge in [-0.25, -0.2) is 0 Å². The van der Waals surface area contributed by atoms with Crippen molar-refractivity contribution in [3.8, 4) is 0 Å². The molecular formula is C18H30O4. The largest absolute Gasteiger partial charge is 0.469 e. The van der Waals surface area contributed by atoms with E-state index in [0.717, 1.165) is 38.7 Å². The molecule has 0 radical (unpaired) electrons. The lowest BCUT2D eigenvalue weighted by molar-refractivity contribution is -0.155. The Balaban J connectivity index is 2.12. The van der Waals surface area contributed by atoms with Crippen LogP contribution in [-0.2, 0) is 19.0 Å². The topological polar surface area (TPSA) is 44.8 Å². The molecule has 1 aliphatic rings. The summed E-state index contributed by atoms with van der Waals surface area (Å²) in [6, 6.07) is 0. The summed E-state index contributed by atoms with van der Waals surface area (Å²) in [5, 5.41) is 0. The zero-order chi connectivity index (χ0) is 16.2. The maximum absolute atomic E-state index is 11.0. The van der Waals surface area contributed by atoms with Crippen molar-refractivity contribution in [2.45, 2.75) is 65.1 Å². The molecule has 0 aromatic carbocycles. The maximum Gasteiger partial charge on any atom is 0.309 e. The van der Waals surface area contributed by atoms with E-state index in [1.54, 1.807) is 0 Å². The normalized spacial score (nSPS) is 20.0. The van der Waals surface area contributed by atoms with Crippen LogP contribution in [-0.4, -0.2) is 32.6 Å². The van der Waals surface area contributed by atoms with Gasteiger partial charge in [-0.15, -0.1) is 0 Å². The fourth-order valence-electron chi connectivity index (χ4n) is 2.33. The summed E-state index contributed by atoms with van der Waals surface area (Å²) in [7, 11) is 1.42. The number of methoxy groups -OCH3 is 1. The highest BCUT2D eigenvalue weighted by molar-refractivity contribution is 5.71. The van der Waals surface area contributed by atoms with Crippen LogP contribution in [0.5, 0.6) is 0 Å². The first-order valence-corrected chi connectivity index (χ1v) is 8.23. The van der Waals surface area contributed by atoms with E-state index in [-0.39, 0.29) is 12.3 Å². The van der Waals surface area contributed by atoms with Crippen LogP contribution in [0.1, 0.15) is 58.8 Å². The van der Waals surface area contributed by atoms with E-state index in [4.69, 9.17) is 9.47 Å². The monoisotopic (exact) mass is 310 g/mol. The lowest BCUT2D eigenvalue weighted by atomic mass is 10.1. The molecule has 4 heteroatoms. The summed E-state index contributed by atoms with van der Waals surface area (Å²) < 4.78 is 15.8. The number of rotatable bonds is 9. The molecule has 0 saturated carbocycles. The third kappa shape index (κ3) is 9.00. The van der Waals surface area contributed by atoms with Crippen molar-refractivity contribution in [1.82, 2.24) is 0 Å². The van der Waals surface area contributed by atoms with Crippen molar-refractivity contribution in [3.63, 3.8) is 0 Å². The molecule has 126 valence electrons. The summed E-state index contributed by atoms with van der Waals surface area (Å²) in [5.41, 5.74) is 2.58. The molecule has 0 aliphatic carbocycles. The SMILES string of the molecule is COC(=O)C/C=C(\C)CCC/C(C)=C/COC1CCCCO1. The smallest absolute Gasteiger partial charge is 0.309 e. The van der Waals surface area contributed by atoms with Gasteiger partial charge in [-0.3, -0.25) is 4.79 Å². The van der Waals surface area contributed by atoms with Crippen LogP contribution in [0.2, 0.25) is 0 Å². The summed E-state index contributed by atoms with van der Waals surface area (Å²) >= 11 is 0. The number of carbonyl (C=O) groups is 1. The van der Waals surface area contributed by atoms with E-state index in [0.29, 0.717) is 13.0 Å². The predicted molar refractivity (Wildman–Crippen MR) is 87.5 cm³/mol. The Morgan fingerprint density at radius 1 is 1.18 bits per heavy atom. The molecule has 0 spiro atoms. The number of hydrogen-bond acceptors (Lipinski definition) is 4. The number of ether oxygens (including phenoxy) is 3. The third-order valence-corrected chi connectivity index (χ3v) is 3.84. The summed E-state index contributed by atoms with van der Waals surface area (Å²) in [6.45, 7) is 5.66. The minimum atomic E-state index is -0.183. The molecule has 1 heterocycles. The Kier molecular flexibility index (Phi) is 9.84. The van der Waals surface area contributed by atoms with Crippen LogP contribution in [0.15, 0.2) is 23.3 Å². The standard InChI is InChI=1S/C18H30O4/c1-15(10-11-17(19)20-3)7-6-8-16(2)12-14-22-18-9-4-5-13-21-18/h10,12,18H,4-9,11,13-14H2,1-3H3/b15-10+,16-12+. The second-order valence-electron chi connectivity index (χ2n) is 5.86. The number of hydrogen-bond donors (Lipinski definition) is 0. The minimum Gasteiger partial charge on any atom is -0.469 e. The molecule has 1 fully saturated rings. The molecule has 1 rings (SSSR count). The van der Waals surface area contributed by atoms with Crippen LogP contribution in [0.25, 0.3) is 0 Å². The molecule has 0 N–H and O–H groups in total. The van der Waals surface area contributed by atoms with Crippen molar-refractivity contribution in [2.24, 2.45) is 0 Å². The van der Waals surface area contributed by atoms with Gasteiger partial charge in [0.15, 0.2) is 6.29 Å². The number of carbonyl (C=O) groups excluding carboxylic acids is 1. The first-order valence-electron chi connectivity index (χ1n) is 8.23. The van der Waals surface area contributed by atoms with Gasteiger partial charge < -0.3 is 14.2 Å². The lowest BCUT2D eigenvalue weighted by Gasteiger charge is -2.22. The van der Waals surface area contributed by atoms with Gasteiger partial charge in [-0.2, -0.15) is 0 Å². The Morgan fingerprint density at radius 2 is 1.91 bits per heavy atom. The van der Waals surface area contributed by atoms with Crippen molar-refractivity contribution in [1.29, 1.82) is 0 Å². The molecule has 0 bridgehead atoms. The van der Waals surface area contributed by atoms with Crippen LogP contribution < -0.4 is 0 Å². The zero-order valence-electron chi connectivity index (χ0n) is 14.2. The highest BCUT2D eigenvalue weighted by atomic mass is 16.7. The molecule has 1 unspecified atom stereocenters. The van der Waals surface area contributed by atoms with Crippen molar-refractivity contribution < 1.29 is 19.0 Å². The van der Waals surface area contributed by atoms with Gasteiger partial charge in [0.1, 0.15) is 0 Å². The van der Waals surface area contributed by atoms with Crippen LogP contribution in [0.3, 0.4) is 0 Å². The number of esters is 1. The van der Waals surface area contributed by atoms with Crippen LogP contribution >= 0.6 is 0 Å². The molecule has 0 aromatic rings.